The fourth-order valence-corrected chi connectivity index (χ4v) is 3.71. The first-order chi connectivity index (χ1) is 7.99. The second-order valence-corrected chi connectivity index (χ2v) is 5.16. The predicted molar refractivity (Wildman–Crippen MR) is 61.2 cm³/mol. The minimum absolute atomic E-state index is 0.0339. The van der Waals surface area contributed by atoms with Gasteiger partial charge in [0.15, 0.2) is 0 Å². The Balaban J connectivity index is 2.43. The highest BCUT2D eigenvalue weighted by atomic mass is 16.5. The van der Waals surface area contributed by atoms with Crippen LogP contribution in [0.15, 0.2) is 11.1 Å². The quantitative estimate of drug-likeness (QED) is 0.589. The number of aliphatic carboxylic acids is 1. The van der Waals surface area contributed by atoms with Crippen LogP contribution in [0.5, 0.6) is 0 Å². The van der Waals surface area contributed by atoms with E-state index in [1.165, 1.54) is 12.7 Å². The molecule has 2 unspecified atom stereocenters. The highest BCUT2D eigenvalue weighted by Gasteiger charge is 2.57. The second-order valence-electron chi connectivity index (χ2n) is 5.16. The number of hydrogen-bond donors (Lipinski definition) is 1. The van der Waals surface area contributed by atoms with Gasteiger partial charge in [-0.05, 0) is 38.5 Å². The number of ether oxygens (including phenoxy) is 1. The van der Waals surface area contributed by atoms with Crippen LogP contribution in [0.1, 0.15) is 26.7 Å². The van der Waals surface area contributed by atoms with Crippen molar-refractivity contribution in [2.24, 2.45) is 23.7 Å². The number of fused-ring (bicyclic) bond motifs is 2. The fourth-order valence-electron chi connectivity index (χ4n) is 3.71. The zero-order valence-corrected chi connectivity index (χ0v) is 10.4. The number of rotatable bonds is 2. The number of carbonyl (C=O) groups excluding carboxylic acids is 1. The fraction of sp³-hybridized carbons (Fsp3) is 0.692. The third kappa shape index (κ3) is 1.66. The average Bonchev–Trinajstić information content (AvgIpc) is 2.82. The molecule has 0 heterocycles. The molecule has 2 fully saturated rings. The molecule has 4 heteroatoms. The third-order valence-electron chi connectivity index (χ3n) is 4.18. The van der Waals surface area contributed by atoms with Gasteiger partial charge < -0.3 is 9.84 Å². The molecule has 4 nitrogen and oxygen atoms in total. The highest BCUT2D eigenvalue weighted by molar-refractivity contribution is 5.84. The van der Waals surface area contributed by atoms with Gasteiger partial charge >= 0.3 is 11.9 Å². The molecule has 17 heavy (non-hydrogen) atoms. The van der Waals surface area contributed by atoms with E-state index in [9.17, 15) is 14.7 Å². The summed E-state index contributed by atoms with van der Waals surface area (Å²) in [5.74, 6) is -2.20. The summed E-state index contributed by atoms with van der Waals surface area (Å²) in [5.41, 5.74) is 2.35. The van der Waals surface area contributed by atoms with Gasteiger partial charge in [0.2, 0.25) is 0 Å². The molecule has 0 spiro atoms. The Kier molecular flexibility index (Phi) is 2.98. The molecule has 2 aliphatic carbocycles. The summed E-state index contributed by atoms with van der Waals surface area (Å²) in [6.07, 6.45) is 1.80. The molecule has 0 aromatic heterocycles. The molecule has 2 aliphatic rings. The van der Waals surface area contributed by atoms with Gasteiger partial charge in [-0.25, -0.2) is 0 Å². The van der Waals surface area contributed by atoms with E-state index >= 15 is 0 Å². The summed E-state index contributed by atoms with van der Waals surface area (Å²) in [6, 6.07) is 0. The van der Waals surface area contributed by atoms with Gasteiger partial charge in [0, 0.05) is 0 Å². The minimum atomic E-state index is -0.869. The Hall–Kier alpha value is -1.32. The van der Waals surface area contributed by atoms with Crippen LogP contribution in [-0.2, 0) is 14.3 Å². The van der Waals surface area contributed by atoms with E-state index in [1.54, 1.807) is 0 Å². The molecule has 0 saturated heterocycles. The minimum Gasteiger partial charge on any atom is -0.481 e. The van der Waals surface area contributed by atoms with Crippen LogP contribution >= 0.6 is 0 Å². The maximum Gasteiger partial charge on any atom is 0.310 e. The van der Waals surface area contributed by atoms with Crippen LogP contribution in [0.4, 0.5) is 0 Å². The van der Waals surface area contributed by atoms with Crippen molar-refractivity contribution in [3.63, 3.8) is 0 Å². The van der Waals surface area contributed by atoms with Crippen molar-refractivity contribution in [1.82, 2.24) is 0 Å². The van der Waals surface area contributed by atoms with E-state index < -0.39 is 17.8 Å². The lowest BCUT2D eigenvalue weighted by Crippen LogP contribution is -2.35. The Morgan fingerprint density at radius 2 is 1.71 bits per heavy atom. The predicted octanol–water partition coefficient (Wildman–Crippen LogP) is 1.85. The summed E-state index contributed by atoms with van der Waals surface area (Å²) in [4.78, 5) is 23.1. The summed E-state index contributed by atoms with van der Waals surface area (Å²) in [5, 5.41) is 9.32. The second kappa shape index (κ2) is 4.17. The monoisotopic (exact) mass is 238 g/mol. The Bertz CT molecular complexity index is 392. The smallest absolute Gasteiger partial charge is 0.310 e. The van der Waals surface area contributed by atoms with Gasteiger partial charge in [-0.2, -0.15) is 0 Å². The van der Waals surface area contributed by atoms with E-state index in [0.717, 1.165) is 18.4 Å². The maximum absolute atomic E-state index is 11.8. The molecule has 4 atom stereocenters. The Labute approximate surface area is 101 Å². The SMILES string of the molecule is COC(=O)[C@H]1C2CCC(C2=C(C)C)[C@H]1C(=O)O. The van der Waals surface area contributed by atoms with Crippen molar-refractivity contribution in [1.29, 1.82) is 0 Å². The van der Waals surface area contributed by atoms with Gasteiger partial charge in [-0.3, -0.25) is 9.59 Å². The van der Waals surface area contributed by atoms with Gasteiger partial charge in [0.05, 0.1) is 18.9 Å². The molecule has 2 bridgehead atoms. The first-order valence-electron chi connectivity index (χ1n) is 5.97. The van der Waals surface area contributed by atoms with E-state index in [0.29, 0.717) is 0 Å². The van der Waals surface area contributed by atoms with E-state index in [1.807, 2.05) is 13.8 Å². The zero-order chi connectivity index (χ0) is 12.7. The molecule has 0 aromatic carbocycles. The lowest BCUT2D eigenvalue weighted by Gasteiger charge is -2.24. The Morgan fingerprint density at radius 1 is 1.18 bits per heavy atom. The van der Waals surface area contributed by atoms with E-state index in [2.05, 4.69) is 0 Å². The van der Waals surface area contributed by atoms with Crippen LogP contribution < -0.4 is 0 Å². The first-order valence-corrected chi connectivity index (χ1v) is 5.97. The normalized spacial score (nSPS) is 34.9. The average molecular weight is 238 g/mol. The Morgan fingerprint density at radius 3 is 2.12 bits per heavy atom. The van der Waals surface area contributed by atoms with Crippen molar-refractivity contribution >= 4 is 11.9 Å². The number of hydrogen-bond acceptors (Lipinski definition) is 3. The van der Waals surface area contributed by atoms with Gasteiger partial charge in [-0.1, -0.05) is 11.1 Å². The molecular formula is C13H18O4. The summed E-state index contributed by atoms with van der Waals surface area (Å²) in [7, 11) is 1.33. The third-order valence-corrected chi connectivity index (χ3v) is 4.18. The first kappa shape index (κ1) is 12.1. The number of methoxy groups -OCH3 is 1. The molecule has 0 radical (unpaired) electrons. The largest absolute Gasteiger partial charge is 0.481 e. The highest BCUT2D eigenvalue weighted by Crippen LogP contribution is 2.57. The van der Waals surface area contributed by atoms with E-state index in [-0.39, 0.29) is 17.8 Å². The molecule has 94 valence electrons. The van der Waals surface area contributed by atoms with Crippen molar-refractivity contribution in [3.05, 3.63) is 11.1 Å². The number of carbonyl (C=O) groups is 2. The standard InChI is InChI=1S/C13H18O4/c1-6(2)9-7-4-5-8(9)11(13(16)17-3)10(7)12(14)15/h7-8,10-11H,4-5H2,1-3H3,(H,14,15)/t7?,8?,10-,11+/m1/s1. The van der Waals surface area contributed by atoms with Crippen LogP contribution in [0.25, 0.3) is 0 Å². The van der Waals surface area contributed by atoms with E-state index in [4.69, 9.17) is 4.74 Å². The zero-order valence-electron chi connectivity index (χ0n) is 10.4. The summed E-state index contributed by atoms with van der Waals surface area (Å²) < 4.78 is 4.77. The summed E-state index contributed by atoms with van der Waals surface area (Å²) >= 11 is 0. The van der Waals surface area contributed by atoms with Crippen LogP contribution in [0.2, 0.25) is 0 Å². The van der Waals surface area contributed by atoms with Crippen molar-refractivity contribution in [3.8, 4) is 0 Å². The number of carboxylic acids is 1. The number of carboxylic acid groups (broad SMARTS) is 1. The van der Waals surface area contributed by atoms with Gasteiger partial charge in [0.25, 0.3) is 0 Å². The molecule has 2 saturated carbocycles. The van der Waals surface area contributed by atoms with Crippen LogP contribution in [0, 0.1) is 23.7 Å². The molecular weight excluding hydrogens is 220 g/mol. The summed E-state index contributed by atoms with van der Waals surface area (Å²) in [6.45, 7) is 4.00. The van der Waals surface area contributed by atoms with Gasteiger partial charge in [0.1, 0.15) is 0 Å². The van der Waals surface area contributed by atoms with Crippen LogP contribution in [-0.4, -0.2) is 24.2 Å². The lowest BCUT2D eigenvalue weighted by molar-refractivity contribution is -0.158. The molecule has 0 aromatic rings. The lowest BCUT2D eigenvalue weighted by atomic mass is 9.79. The number of esters is 1. The molecule has 0 aliphatic heterocycles. The molecule has 2 rings (SSSR count). The molecule has 0 amide bonds. The topological polar surface area (TPSA) is 63.6 Å². The number of allylic oxidation sites excluding steroid dienone is 2. The van der Waals surface area contributed by atoms with Crippen molar-refractivity contribution in [2.45, 2.75) is 26.7 Å². The van der Waals surface area contributed by atoms with Crippen LogP contribution in [0.3, 0.4) is 0 Å². The van der Waals surface area contributed by atoms with Gasteiger partial charge in [-0.15, -0.1) is 0 Å². The van der Waals surface area contributed by atoms with Crippen molar-refractivity contribution < 1.29 is 19.4 Å². The maximum atomic E-state index is 11.8. The molecule has 1 N–H and O–H groups in total. The van der Waals surface area contributed by atoms with Crippen molar-refractivity contribution in [2.75, 3.05) is 7.11 Å².